The average molecular weight is 381 g/mol. The zero-order valence-corrected chi connectivity index (χ0v) is 15.6. The molecular formula is C19H13ClN4OS. The molecule has 0 bridgehead atoms. The fourth-order valence-corrected chi connectivity index (χ4v) is 4.17. The van der Waals surface area contributed by atoms with Crippen LogP contribution in [0.25, 0.3) is 37.9 Å². The molecule has 5 aromatic rings. The maximum atomic E-state index is 6.03. The fourth-order valence-electron chi connectivity index (χ4n) is 2.98. The van der Waals surface area contributed by atoms with Gasteiger partial charge in [-0.1, -0.05) is 22.9 Å². The summed E-state index contributed by atoms with van der Waals surface area (Å²) in [5.41, 5.74) is 5.36. The summed E-state index contributed by atoms with van der Waals surface area (Å²) in [4.78, 5) is 9.25. The first kappa shape index (κ1) is 15.5. The third-order valence-electron chi connectivity index (χ3n) is 4.16. The normalized spacial score (nSPS) is 11.7. The molecule has 0 fully saturated rings. The molecular weight excluding hydrogens is 368 g/mol. The van der Waals surface area contributed by atoms with Gasteiger partial charge in [-0.3, -0.25) is 0 Å². The van der Waals surface area contributed by atoms with Crippen LogP contribution in [0.15, 0.2) is 46.9 Å². The predicted octanol–water partition coefficient (Wildman–Crippen LogP) is 5.56. The first-order valence-electron chi connectivity index (χ1n) is 8.07. The van der Waals surface area contributed by atoms with Gasteiger partial charge in [-0.25, -0.2) is 14.6 Å². The van der Waals surface area contributed by atoms with Crippen molar-refractivity contribution in [2.75, 3.05) is 0 Å². The number of nitrogens with zero attached hydrogens (tertiary/aromatic N) is 4. The SMILES string of the molecule is Cc1cc(C)n(-c2nc3ccc(-c4nc5cc(Cl)ccc5o4)cc3s2)n1. The van der Waals surface area contributed by atoms with E-state index in [1.54, 1.807) is 23.5 Å². The summed E-state index contributed by atoms with van der Waals surface area (Å²) in [6.45, 7) is 4.01. The Morgan fingerprint density at radius 2 is 1.88 bits per heavy atom. The van der Waals surface area contributed by atoms with E-state index in [-0.39, 0.29) is 0 Å². The lowest BCUT2D eigenvalue weighted by Crippen LogP contribution is -1.97. The molecule has 5 nitrogen and oxygen atoms in total. The predicted molar refractivity (Wildman–Crippen MR) is 104 cm³/mol. The van der Waals surface area contributed by atoms with Crippen molar-refractivity contribution in [3.63, 3.8) is 0 Å². The van der Waals surface area contributed by atoms with E-state index in [1.165, 1.54) is 0 Å². The molecule has 7 heteroatoms. The molecule has 2 aromatic carbocycles. The Morgan fingerprint density at radius 1 is 1.00 bits per heavy atom. The second kappa shape index (κ2) is 5.65. The first-order chi connectivity index (χ1) is 12.6. The van der Waals surface area contributed by atoms with E-state index in [2.05, 4.69) is 16.1 Å². The van der Waals surface area contributed by atoms with E-state index >= 15 is 0 Å². The molecule has 0 aliphatic heterocycles. The number of hydrogen-bond acceptors (Lipinski definition) is 5. The molecule has 0 unspecified atom stereocenters. The minimum Gasteiger partial charge on any atom is -0.436 e. The van der Waals surface area contributed by atoms with E-state index < -0.39 is 0 Å². The van der Waals surface area contributed by atoms with E-state index in [1.807, 2.05) is 42.8 Å². The quantitative estimate of drug-likeness (QED) is 0.402. The zero-order valence-electron chi connectivity index (χ0n) is 14.0. The van der Waals surface area contributed by atoms with Crippen LogP contribution in [0.2, 0.25) is 5.02 Å². The third kappa shape index (κ3) is 2.50. The van der Waals surface area contributed by atoms with Crippen molar-refractivity contribution in [3.8, 4) is 16.6 Å². The molecule has 0 aliphatic rings. The lowest BCUT2D eigenvalue weighted by atomic mass is 10.2. The summed E-state index contributed by atoms with van der Waals surface area (Å²) >= 11 is 7.63. The van der Waals surface area contributed by atoms with E-state index in [0.29, 0.717) is 10.9 Å². The van der Waals surface area contributed by atoms with Crippen LogP contribution >= 0.6 is 22.9 Å². The monoisotopic (exact) mass is 380 g/mol. The van der Waals surface area contributed by atoms with Crippen molar-refractivity contribution in [3.05, 3.63) is 58.9 Å². The molecule has 0 radical (unpaired) electrons. The number of rotatable bonds is 2. The smallest absolute Gasteiger partial charge is 0.227 e. The van der Waals surface area contributed by atoms with Gasteiger partial charge in [-0.05, 0) is 56.3 Å². The Kier molecular flexibility index (Phi) is 3.38. The number of fused-ring (bicyclic) bond motifs is 2. The first-order valence-corrected chi connectivity index (χ1v) is 9.27. The summed E-state index contributed by atoms with van der Waals surface area (Å²) in [6.07, 6.45) is 0. The van der Waals surface area contributed by atoms with Gasteiger partial charge in [0.2, 0.25) is 11.0 Å². The van der Waals surface area contributed by atoms with Crippen molar-refractivity contribution < 1.29 is 4.42 Å². The lowest BCUT2D eigenvalue weighted by Gasteiger charge is -1.96. The van der Waals surface area contributed by atoms with Crippen LogP contribution in [0.5, 0.6) is 0 Å². The lowest BCUT2D eigenvalue weighted by molar-refractivity contribution is 0.620. The van der Waals surface area contributed by atoms with Crippen molar-refractivity contribution in [1.82, 2.24) is 19.7 Å². The molecule has 0 atom stereocenters. The number of aromatic nitrogens is 4. The molecule has 5 rings (SSSR count). The summed E-state index contributed by atoms with van der Waals surface area (Å²) in [5.74, 6) is 0.574. The van der Waals surface area contributed by atoms with Gasteiger partial charge in [-0.15, -0.1) is 0 Å². The number of thiazole rings is 1. The molecule has 0 spiro atoms. The van der Waals surface area contributed by atoms with Crippen LogP contribution in [0.1, 0.15) is 11.4 Å². The van der Waals surface area contributed by atoms with Crippen molar-refractivity contribution in [2.45, 2.75) is 13.8 Å². The van der Waals surface area contributed by atoms with Crippen LogP contribution in [0, 0.1) is 13.8 Å². The van der Waals surface area contributed by atoms with Gasteiger partial charge in [0, 0.05) is 16.3 Å². The highest BCUT2D eigenvalue weighted by molar-refractivity contribution is 7.20. The van der Waals surface area contributed by atoms with Gasteiger partial charge in [-0.2, -0.15) is 5.10 Å². The number of halogens is 1. The minimum atomic E-state index is 0.574. The molecule has 0 saturated carbocycles. The average Bonchev–Trinajstić information content (AvgIpc) is 3.29. The highest BCUT2D eigenvalue weighted by Gasteiger charge is 2.13. The van der Waals surface area contributed by atoms with Gasteiger partial charge in [0.25, 0.3) is 0 Å². The second-order valence-electron chi connectivity index (χ2n) is 6.15. The van der Waals surface area contributed by atoms with Crippen molar-refractivity contribution >= 4 is 44.3 Å². The Bertz CT molecular complexity index is 1280. The number of benzene rings is 2. The third-order valence-corrected chi connectivity index (χ3v) is 5.39. The standard InChI is InChI=1S/C19H13ClN4OS/c1-10-7-11(2)24(23-10)19-22-14-5-3-12(8-17(14)26-19)18-21-15-9-13(20)4-6-16(15)25-18/h3-9H,1-2H3. The van der Waals surface area contributed by atoms with Gasteiger partial charge >= 0.3 is 0 Å². The Hall–Kier alpha value is -2.70. The van der Waals surface area contributed by atoms with E-state index in [4.69, 9.17) is 21.0 Å². The van der Waals surface area contributed by atoms with Crippen LogP contribution in [0.4, 0.5) is 0 Å². The Morgan fingerprint density at radius 3 is 2.69 bits per heavy atom. The van der Waals surface area contributed by atoms with E-state index in [9.17, 15) is 0 Å². The second-order valence-corrected chi connectivity index (χ2v) is 7.59. The van der Waals surface area contributed by atoms with Crippen molar-refractivity contribution in [2.24, 2.45) is 0 Å². The number of oxazole rings is 1. The zero-order chi connectivity index (χ0) is 17.8. The summed E-state index contributed by atoms with van der Waals surface area (Å²) in [7, 11) is 0. The Balaban J connectivity index is 1.61. The molecule has 0 aliphatic carbocycles. The van der Waals surface area contributed by atoms with Gasteiger partial charge < -0.3 is 4.42 Å². The summed E-state index contributed by atoms with van der Waals surface area (Å²) in [6, 6.07) is 13.5. The van der Waals surface area contributed by atoms with Crippen LogP contribution in [-0.4, -0.2) is 19.7 Å². The van der Waals surface area contributed by atoms with Gasteiger partial charge in [0.15, 0.2) is 5.58 Å². The van der Waals surface area contributed by atoms with E-state index in [0.717, 1.165) is 43.4 Å². The maximum absolute atomic E-state index is 6.03. The molecule has 128 valence electrons. The largest absolute Gasteiger partial charge is 0.436 e. The molecule has 3 aromatic heterocycles. The molecule has 26 heavy (non-hydrogen) atoms. The Labute approximate surface area is 157 Å². The fraction of sp³-hybridized carbons (Fsp3) is 0.105. The highest BCUT2D eigenvalue weighted by Crippen LogP contribution is 2.31. The summed E-state index contributed by atoms with van der Waals surface area (Å²) in [5, 5.41) is 6.01. The molecule has 3 heterocycles. The number of aryl methyl sites for hydroxylation is 2. The molecule has 0 N–H and O–H groups in total. The minimum absolute atomic E-state index is 0.574. The molecule has 0 saturated heterocycles. The number of hydrogen-bond donors (Lipinski definition) is 0. The van der Waals surface area contributed by atoms with Crippen LogP contribution < -0.4 is 0 Å². The van der Waals surface area contributed by atoms with Gasteiger partial charge in [0.1, 0.15) is 5.52 Å². The highest BCUT2D eigenvalue weighted by atomic mass is 35.5. The maximum Gasteiger partial charge on any atom is 0.227 e. The van der Waals surface area contributed by atoms with Gasteiger partial charge in [0.05, 0.1) is 15.9 Å². The van der Waals surface area contributed by atoms with Crippen LogP contribution in [0.3, 0.4) is 0 Å². The molecule has 0 amide bonds. The topological polar surface area (TPSA) is 56.7 Å². The summed E-state index contributed by atoms with van der Waals surface area (Å²) < 4.78 is 8.81. The van der Waals surface area contributed by atoms with Crippen LogP contribution in [-0.2, 0) is 0 Å². The van der Waals surface area contributed by atoms with Crippen molar-refractivity contribution in [1.29, 1.82) is 0 Å².